The molecule has 0 spiro atoms. The molecule has 4 nitrogen and oxygen atoms in total. The Kier molecular flexibility index (Phi) is 3.44. The van der Waals surface area contributed by atoms with E-state index in [1.54, 1.807) is 31.2 Å². The summed E-state index contributed by atoms with van der Waals surface area (Å²) >= 11 is 0. The average Bonchev–Trinajstić information content (AvgIpc) is 2.27. The quantitative estimate of drug-likeness (QED) is 0.753. The molecule has 2 N–H and O–H groups in total. The summed E-state index contributed by atoms with van der Waals surface area (Å²) in [6.45, 7) is 1.72. The second-order valence-corrected chi connectivity index (χ2v) is 3.24. The normalized spacial score (nSPS) is 11.9. The van der Waals surface area contributed by atoms with Crippen LogP contribution in [0.1, 0.15) is 28.8 Å². The summed E-state index contributed by atoms with van der Waals surface area (Å²) in [4.78, 5) is 22.0. The average molecular weight is 207 g/mol. The van der Waals surface area contributed by atoms with E-state index in [4.69, 9.17) is 5.73 Å². The summed E-state index contributed by atoms with van der Waals surface area (Å²) in [6.07, 6.45) is 0. The van der Waals surface area contributed by atoms with Crippen molar-refractivity contribution in [1.82, 2.24) is 0 Å². The summed E-state index contributed by atoms with van der Waals surface area (Å²) in [7, 11) is 1.32. The van der Waals surface area contributed by atoms with Crippen LogP contribution in [-0.2, 0) is 9.53 Å². The highest BCUT2D eigenvalue weighted by Gasteiger charge is 2.12. The van der Waals surface area contributed by atoms with E-state index in [9.17, 15) is 9.59 Å². The smallest absolute Gasteiger partial charge is 0.337 e. The Morgan fingerprint density at radius 1 is 1.27 bits per heavy atom. The third-order valence-corrected chi connectivity index (χ3v) is 2.26. The fraction of sp³-hybridized carbons (Fsp3) is 0.273. The van der Waals surface area contributed by atoms with Gasteiger partial charge in [0.25, 0.3) is 0 Å². The third kappa shape index (κ3) is 2.56. The molecular weight excluding hydrogens is 194 g/mol. The Bertz CT molecular complexity index is 370. The number of esters is 1. The van der Waals surface area contributed by atoms with Crippen molar-refractivity contribution in [2.24, 2.45) is 5.73 Å². The summed E-state index contributed by atoms with van der Waals surface area (Å²) in [6, 6.07) is 6.62. The van der Waals surface area contributed by atoms with Crippen LogP contribution in [0.3, 0.4) is 0 Å². The molecule has 0 heterocycles. The number of hydrogen-bond acceptors (Lipinski definition) is 3. The van der Waals surface area contributed by atoms with Gasteiger partial charge in [0.1, 0.15) is 0 Å². The second-order valence-electron chi connectivity index (χ2n) is 3.24. The lowest BCUT2D eigenvalue weighted by Gasteiger charge is -2.07. The predicted octanol–water partition coefficient (Wildman–Crippen LogP) is 1.06. The zero-order chi connectivity index (χ0) is 11.4. The van der Waals surface area contributed by atoms with E-state index >= 15 is 0 Å². The van der Waals surface area contributed by atoms with Gasteiger partial charge in [-0.3, -0.25) is 4.79 Å². The molecule has 0 saturated heterocycles. The first kappa shape index (κ1) is 11.2. The topological polar surface area (TPSA) is 69.4 Å². The molecule has 0 aliphatic heterocycles. The van der Waals surface area contributed by atoms with Crippen LogP contribution in [0.5, 0.6) is 0 Å². The predicted molar refractivity (Wildman–Crippen MR) is 55.4 cm³/mol. The Labute approximate surface area is 88.0 Å². The van der Waals surface area contributed by atoms with Crippen molar-refractivity contribution in [1.29, 1.82) is 0 Å². The first-order chi connectivity index (χ1) is 7.06. The molecule has 80 valence electrons. The molecule has 0 radical (unpaired) electrons. The molecule has 15 heavy (non-hydrogen) atoms. The van der Waals surface area contributed by atoms with E-state index in [-0.39, 0.29) is 11.8 Å². The molecule has 4 heteroatoms. The standard InChI is InChI=1S/C11H13NO3/c1-7(10(12)13)8-3-5-9(6-4-8)11(14)15-2/h3-7H,1-2H3,(H2,12,13). The van der Waals surface area contributed by atoms with Crippen molar-refractivity contribution in [3.05, 3.63) is 35.4 Å². The minimum absolute atomic E-state index is 0.350. The zero-order valence-corrected chi connectivity index (χ0v) is 8.69. The lowest BCUT2D eigenvalue weighted by atomic mass is 9.99. The van der Waals surface area contributed by atoms with Crippen LogP contribution in [0.25, 0.3) is 0 Å². The van der Waals surface area contributed by atoms with Gasteiger partial charge in [0.15, 0.2) is 0 Å². The Morgan fingerprint density at radius 2 is 1.80 bits per heavy atom. The van der Waals surface area contributed by atoms with Gasteiger partial charge in [-0.15, -0.1) is 0 Å². The maximum Gasteiger partial charge on any atom is 0.337 e. The van der Waals surface area contributed by atoms with Crippen molar-refractivity contribution >= 4 is 11.9 Å². The monoisotopic (exact) mass is 207 g/mol. The molecule has 0 fully saturated rings. The summed E-state index contributed by atoms with van der Waals surface area (Å²) in [5.74, 6) is -1.13. The fourth-order valence-electron chi connectivity index (χ4n) is 1.19. The molecule has 0 aliphatic rings. The van der Waals surface area contributed by atoms with Gasteiger partial charge in [0.05, 0.1) is 18.6 Å². The number of carbonyl (C=O) groups excluding carboxylic acids is 2. The van der Waals surface area contributed by atoms with Crippen LogP contribution in [0.15, 0.2) is 24.3 Å². The maximum atomic E-state index is 11.1. The van der Waals surface area contributed by atoms with Crippen molar-refractivity contribution < 1.29 is 14.3 Å². The van der Waals surface area contributed by atoms with Gasteiger partial charge in [-0.25, -0.2) is 4.79 Å². The van der Waals surface area contributed by atoms with Gasteiger partial charge < -0.3 is 10.5 Å². The molecule has 1 unspecified atom stereocenters. The number of methoxy groups -OCH3 is 1. The molecule has 1 amide bonds. The van der Waals surface area contributed by atoms with E-state index in [0.29, 0.717) is 5.56 Å². The third-order valence-electron chi connectivity index (χ3n) is 2.26. The highest BCUT2D eigenvalue weighted by molar-refractivity contribution is 5.89. The van der Waals surface area contributed by atoms with Crippen LogP contribution in [-0.4, -0.2) is 19.0 Å². The lowest BCUT2D eigenvalue weighted by molar-refractivity contribution is -0.119. The van der Waals surface area contributed by atoms with Crippen LogP contribution in [0.2, 0.25) is 0 Å². The van der Waals surface area contributed by atoms with Crippen LogP contribution in [0.4, 0.5) is 0 Å². The van der Waals surface area contributed by atoms with Gasteiger partial charge in [-0.2, -0.15) is 0 Å². The Balaban J connectivity index is 2.90. The second kappa shape index (κ2) is 4.59. The van der Waals surface area contributed by atoms with Gasteiger partial charge in [-0.1, -0.05) is 12.1 Å². The SMILES string of the molecule is COC(=O)c1ccc(C(C)C(N)=O)cc1. The summed E-state index contributed by atoms with van der Waals surface area (Å²) in [5, 5.41) is 0. The van der Waals surface area contributed by atoms with E-state index in [2.05, 4.69) is 4.74 Å². The molecule has 0 aromatic heterocycles. The van der Waals surface area contributed by atoms with Gasteiger partial charge in [0, 0.05) is 0 Å². The van der Waals surface area contributed by atoms with Crippen LogP contribution >= 0.6 is 0 Å². The number of amides is 1. The molecule has 1 atom stereocenters. The molecule has 0 aliphatic carbocycles. The number of carbonyl (C=O) groups is 2. The minimum Gasteiger partial charge on any atom is -0.465 e. The van der Waals surface area contributed by atoms with E-state index in [1.807, 2.05) is 0 Å². The van der Waals surface area contributed by atoms with E-state index in [0.717, 1.165) is 5.56 Å². The Hall–Kier alpha value is -1.84. The molecule has 0 bridgehead atoms. The van der Waals surface area contributed by atoms with Crippen LogP contribution in [0, 0.1) is 0 Å². The molecular formula is C11H13NO3. The van der Waals surface area contributed by atoms with Crippen molar-refractivity contribution in [2.75, 3.05) is 7.11 Å². The van der Waals surface area contributed by atoms with Crippen LogP contribution < -0.4 is 5.73 Å². The van der Waals surface area contributed by atoms with Gasteiger partial charge in [-0.05, 0) is 24.6 Å². The number of primary amides is 1. The number of nitrogens with two attached hydrogens (primary N) is 1. The first-order valence-electron chi connectivity index (χ1n) is 4.54. The highest BCUT2D eigenvalue weighted by Crippen LogP contribution is 2.15. The van der Waals surface area contributed by atoms with E-state index in [1.165, 1.54) is 7.11 Å². The molecule has 0 saturated carbocycles. The van der Waals surface area contributed by atoms with E-state index < -0.39 is 5.97 Å². The molecule has 1 rings (SSSR count). The first-order valence-corrected chi connectivity index (χ1v) is 4.54. The number of ether oxygens (including phenoxy) is 1. The van der Waals surface area contributed by atoms with Gasteiger partial charge in [0.2, 0.25) is 5.91 Å². The highest BCUT2D eigenvalue weighted by atomic mass is 16.5. The lowest BCUT2D eigenvalue weighted by Crippen LogP contribution is -2.18. The maximum absolute atomic E-state index is 11.1. The van der Waals surface area contributed by atoms with Crippen molar-refractivity contribution in [2.45, 2.75) is 12.8 Å². The fourth-order valence-corrected chi connectivity index (χ4v) is 1.19. The number of rotatable bonds is 3. The number of hydrogen-bond donors (Lipinski definition) is 1. The van der Waals surface area contributed by atoms with Crippen molar-refractivity contribution in [3.63, 3.8) is 0 Å². The molecule has 1 aromatic rings. The molecule has 1 aromatic carbocycles. The Morgan fingerprint density at radius 3 is 2.20 bits per heavy atom. The number of benzene rings is 1. The zero-order valence-electron chi connectivity index (χ0n) is 8.69. The largest absolute Gasteiger partial charge is 0.465 e. The summed E-state index contributed by atoms with van der Waals surface area (Å²) in [5.41, 5.74) is 6.41. The van der Waals surface area contributed by atoms with Crippen molar-refractivity contribution in [3.8, 4) is 0 Å². The summed E-state index contributed by atoms with van der Waals surface area (Å²) < 4.78 is 4.55. The minimum atomic E-state index is -0.395. The van der Waals surface area contributed by atoms with Gasteiger partial charge >= 0.3 is 5.97 Å².